The molecule has 27 heavy (non-hydrogen) atoms. The first-order valence-electron chi connectivity index (χ1n) is 7.62. The standard InChI is InChI=1S/C17H18Br2O6S2/c1-26(20,21)24-11-17(12-25-27(2,22)23,13-5-3-7-15(18)9-13)14-6-4-8-16(19)10-14/h3-10H,11-12H2,1-2H3. The molecule has 0 atom stereocenters. The van der Waals surface area contributed by atoms with Crippen LogP contribution in [0.1, 0.15) is 11.1 Å². The number of rotatable bonds is 8. The molecule has 0 spiro atoms. The highest BCUT2D eigenvalue weighted by Gasteiger charge is 2.38. The fourth-order valence-corrected chi connectivity index (χ4v) is 4.16. The van der Waals surface area contributed by atoms with Crippen LogP contribution in [-0.2, 0) is 34.0 Å². The lowest BCUT2D eigenvalue weighted by atomic mass is 9.76. The highest BCUT2D eigenvalue weighted by atomic mass is 79.9. The number of halogens is 2. The first-order valence-corrected chi connectivity index (χ1v) is 12.8. The summed E-state index contributed by atoms with van der Waals surface area (Å²) in [6.45, 7) is -0.650. The van der Waals surface area contributed by atoms with Gasteiger partial charge in [-0.15, -0.1) is 0 Å². The van der Waals surface area contributed by atoms with Gasteiger partial charge in [0.05, 0.1) is 31.1 Å². The van der Waals surface area contributed by atoms with Gasteiger partial charge in [0.25, 0.3) is 20.2 Å². The van der Waals surface area contributed by atoms with Crippen molar-refractivity contribution in [3.63, 3.8) is 0 Å². The Morgan fingerprint density at radius 2 is 1.15 bits per heavy atom. The minimum Gasteiger partial charge on any atom is -0.269 e. The number of benzene rings is 2. The summed E-state index contributed by atoms with van der Waals surface area (Å²) in [5.74, 6) is 0. The summed E-state index contributed by atoms with van der Waals surface area (Å²) < 4.78 is 58.4. The topological polar surface area (TPSA) is 86.7 Å². The quantitative estimate of drug-likeness (QED) is 0.476. The zero-order valence-electron chi connectivity index (χ0n) is 14.6. The van der Waals surface area contributed by atoms with Crippen molar-refractivity contribution in [1.29, 1.82) is 0 Å². The normalized spacial score (nSPS) is 12.9. The van der Waals surface area contributed by atoms with E-state index in [1.54, 1.807) is 36.4 Å². The molecule has 2 aromatic carbocycles. The van der Waals surface area contributed by atoms with Gasteiger partial charge in [0.2, 0.25) is 0 Å². The zero-order valence-corrected chi connectivity index (χ0v) is 19.4. The van der Waals surface area contributed by atoms with Crippen molar-refractivity contribution in [2.45, 2.75) is 5.41 Å². The molecule has 0 radical (unpaired) electrons. The van der Waals surface area contributed by atoms with Crippen LogP contribution in [0.2, 0.25) is 0 Å². The van der Waals surface area contributed by atoms with E-state index in [1.807, 2.05) is 12.1 Å². The first kappa shape index (κ1) is 22.5. The SMILES string of the molecule is CS(=O)(=O)OCC(COS(C)(=O)=O)(c1cccc(Br)c1)c1cccc(Br)c1. The van der Waals surface area contributed by atoms with Gasteiger partial charge < -0.3 is 0 Å². The molecule has 2 rings (SSSR count). The van der Waals surface area contributed by atoms with Crippen molar-refractivity contribution in [3.8, 4) is 0 Å². The van der Waals surface area contributed by atoms with Crippen molar-refractivity contribution in [3.05, 3.63) is 68.6 Å². The average Bonchev–Trinajstić information content (AvgIpc) is 2.53. The second-order valence-corrected chi connectivity index (χ2v) is 11.2. The third-order valence-corrected chi connectivity index (χ3v) is 5.87. The maximum atomic E-state index is 11.7. The Morgan fingerprint density at radius 3 is 1.44 bits per heavy atom. The molecule has 0 aromatic heterocycles. The van der Waals surface area contributed by atoms with Crippen LogP contribution >= 0.6 is 31.9 Å². The molecule has 0 aliphatic rings. The van der Waals surface area contributed by atoms with Crippen LogP contribution in [0.3, 0.4) is 0 Å². The average molecular weight is 542 g/mol. The Kier molecular flexibility index (Phi) is 7.26. The van der Waals surface area contributed by atoms with Gasteiger partial charge in [-0.1, -0.05) is 56.1 Å². The largest absolute Gasteiger partial charge is 0.269 e. The molecule has 0 fully saturated rings. The summed E-state index contributed by atoms with van der Waals surface area (Å²) >= 11 is 6.79. The summed E-state index contributed by atoms with van der Waals surface area (Å²) in [5, 5.41) is 0. The monoisotopic (exact) mass is 540 g/mol. The summed E-state index contributed by atoms with van der Waals surface area (Å²) in [7, 11) is -7.55. The van der Waals surface area contributed by atoms with Gasteiger partial charge in [0.15, 0.2) is 0 Å². The Balaban J connectivity index is 2.70. The van der Waals surface area contributed by atoms with E-state index in [4.69, 9.17) is 8.37 Å². The molecule has 0 aliphatic carbocycles. The van der Waals surface area contributed by atoms with Crippen molar-refractivity contribution in [2.24, 2.45) is 0 Å². The number of hydrogen-bond donors (Lipinski definition) is 0. The second-order valence-electron chi connectivity index (χ2n) is 6.04. The van der Waals surface area contributed by atoms with E-state index in [-0.39, 0.29) is 13.2 Å². The van der Waals surface area contributed by atoms with Gasteiger partial charge in [0, 0.05) is 8.95 Å². The third kappa shape index (κ3) is 6.65. The van der Waals surface area contributed by atoms with Crippen LogP contribution in [0, 0.1) is 0 Å². The molecule has 6 nitrogen and oxygen atoms in total. The maximum Gasteiger partial charge on any atom is 0.264 e. The molecule has 0 amide bonds. The summed E-state index contributed by atoms with van der Waals surface area (Å²) in [6.07, 6.45) is 1.88. The Labute approximate surface area is 176 Å². The lowest BCUT2D eigenvalue weighted by Crippen LogP contribution is -2.40. The lowest BCUT2D eigenvalue weighted by molar-refractivity contribution is 0.178. The summed E-state index contributed by atoms with van der Waals surface area (Å²) in [6, 6.07) is 14.2. The van der Waals surface area contributed by atoms with Crippen LogP contribution in [0.4, 0.5) is 0 Å². The fourth-order valence-electron chi connectivity index (χ4n) is 2.53. The van der Waals surface area contributed by atoms with Gasteiger partial charge >= 0.3 is 0 Å². The molecule has 0 unspecified atom stereocenters. The smallest absolute Gasteiger partial charge is 0.264 e. The van der Waals surface area contributed by atoms with E-state index >= 15 is 0 Å². The highest BCUT2D eigenvalue weighted by molar-refractivity contribution is 9.10. The van der Waals surface area contributed by atoms with Crippen LogP contribution < -0.4 is 0 Å². The van der Waals surface area contributed by atoms with Gasteiger partial charge in [0.1, 0.15) is 0 Å². The molecule has 148 valence electrons. The predicted octanol–water partition coefficient (Wildman–Crippen LogP) is 3.45. The van der Waals surface area contributed by atoms with Gasteiger partial charge in [-0.2, -0.15) is 16.8 Å². The fraction of sp³-hybridized carbons (Fsp3) is 0.294. The van der Waals surface area contributed by atoms with Crippen molar-refractivity contribution < 1.29 is 25.2 Å². The second kappa shape index (κ2) is 8.71. The van der Waals surface area contributed by atoms with Gasteiger partial charge in [-0.05, 0) is 35.4 Å². The van der Waals surface area contributed by atoms with Crippen LogP contribution in [0.15, 0.2) is 57.5 Å². The van der Waals surface area contributed by atoms with Gasteiger partial charge in [-0.25, -0.2) is 0 Å². The Bertz CT molecular complexity index is 936. The molecular weight excluding hydrogens is 524 g/mol. The minimum absolute atomic E-state index is 0.325. The third-order valence-electron chi connectivity index (χ3n) is 3.79. The number of hydrogen-bond acceptors (Lipinski definition) is 6. The molecule has 2 aromatic rings. The maximum absolute atomic E-state index is 11.7. The zero-order chi connectivity index (χ0) is 20.3. The van der Waals surface area contributed by atoms with Crippen molar-refractivity contribution in [2.75, 3.05) is 25.7 Å². The molecule has 0 saturated heterocycles. The molecule has 0 N–H and O–H groups in total. The van der Waals surface area contributed by atoms with Crippen LogP contribution in [0.25, 0.3) is 0 Å². The van der Waals surface area contributed by atoms with Crippen molar-refractivity contribution in [1.82, 2.24) is 0 Å². The highest BCUT2D eigenvalue weighted by Crippen LogP contribution is 2.36. The molecule has 0 heterocycles. The van der Waals surface area contributed by atoms with E-state index in [1.165, 1.54) is 0 Å². The van der Waals surface area contributed by atoms with E-state index in [2.05, 4.69) is 31.9 Å². The van der Waals surface area contributed by atoms with E-state index in [0.717, 1.165) is 21.5 Å². The van der Waals surface area contributed by atoms with Crippen molar-refractivity contribution >= 4 is 52.1 Å². The summed E-state index contributed by atoms with van der Waals surface area (Å²) in [4.78, 5) is 0. The molecule has 0 aliphatic heterocycles. The Hall–Kier alpha value is -0.780. The lowest BCUT2D eigenvalue weighted by Gasteiger charge is -2.34. The van der Waals surface area contributed by atoms with Crippen LogP contribution in [-0.4, -0.2) is 42.6 Å². The summed E-state index contributed by atoms with van der Waals surface area (Å²) in [5.41, 5.74) is 0.101. The minimum atomic E-state index is -3.78. The molecule has 0 bridgehead atoms. The van der Waals surface area contributed by atoms with E-state index in [9.17, 15) is 16.8 Å². The predicted molar refractivity (Wildman–Crippen MR) is 111 cm³/mol. The van der Waals surface area contributed by atoms with Gasteiger partial charge in [-0.3, -0.25) is 8.37 Å². The Morgan fingerprint density at radius 1 is 0.778 bits per heavy atom. The van der Waals surface area contributed by atoms with E-state index in [0.29, 0.717) is 11.1 Å². The van der Waals surface area contributed by atoms with Crippen LogP contribution in [0.5, 0.6) is 0 Å². The molecule has 0 saturated carbocycles. The van der Waals surface area contributed by atoms with E-state index < -0.39 is 25.7 Å². The molecule has 10 heteroatoms. The first-order chi connectivity index (χ1) is 12.4. The molecular formula is C17H18Br2O6S2.